The van der Waals surface area contributed by atoms with E-state index in [0.717, 1.165) is 30.1 Å². The molecule has 1 atom stereocenters. The van der Waals surface area contributed by atoms with Crippen molar-refractivity contribution in [3.8, 4) is 11.5 Å². The van der Waals surface area contributed by atoms with Crippen LogP contribution in [-0.2, 0) is 4.79 Å². The number of benzene rings is 2. The summed E-state index contributed by atoms with van der Waals surface area (Å²) in [5.74, 6) is 0.497. The van der Waals surface area contributed by atoms with Crippen LogP contribution in [0, 0.1) is 5.92 Å². The van der Waals surface area contributed by atoms with Crippen molar-refractivity contribution in [2.45, 2.75) is 25.8 Å². The molecule has 1 fully saturated rings. The standard InChI is InChI=1S/C24H32N2O4/c1-5-30-22-16-19(8-11-21(22)29-4)23(17-6-9-20(10-7-17)25(2)3)26-14-12-18(13-15-26)24(27)28/h6-11,16,18,23H,5,12-15H2,1-4H3,(H,27,28). The molecule has 6 heteroatoms. The smallest absolute Gasteiger partial charge is 0.306 e. The first-order valence-electron chi connectivity index (χ1n) is 10.5. The van der Waals surface area contributed by atoms with E-state index < -0.39 is 5.97 Å². The number of rotatable bonds is 8. The minimum absolute atomic E-state index is 0.0288. The van der Waals surface area contributed by atoms with Crippen molar-refractivity contribution in [2.24, 2.45) is 5.92 Å². The van der Waals surface area contributed by atoms with Gasteiger partial charge < -0.3 is 19.5 Å². The zero-order valence-corrected chi connectivity index (χ0v) is 18.3. The molecule has 0 aliphatic carbocycles. The summed E-state index contributed by atoms with van der Waals surface area (Å²) >= 11 is 0. The number of piperidine rings is 1. The molecule has 0 bridgehead atoms. The average molecular weight is 413 g/mol. The highest BCUT2D eigenvalue weighted by atomic mass is 16.5. The van der Waals surface area contributed by atoms with Crippen LogP contribution in [0.1, 0.15) is 36.9 Å². The molecule has 1 aliphatic heterocycles. The first-order chi connectivity index (χ1) is 14.4. The largest absolute Gasteiger partial charge is 0.493 e. The van der Waals surface area contributed by atoms with Crippen LogP contribution in [0.3, 0.4) is 0 Å². The summed E-state index contributed by atoms with van der Waals surface area (Å²) in [4.78, 5) is 15.9. The van der Waals surface area contributed by atoms with Crippen LogP contribution in [0.5, 0.6) is 11.5 Å². The zero-order chi connectivity index (χ0) is 21.7. The third-order valence-electron chi connectivity index (χ3n) is 5.77. The van der Waals surface area contributed by atoms with Gasteiger partial charge in [-0.05, 0) is 68.2 Å². The predicted octanol–water partition coefficient (Wildman–Crippen LogP) is 4.05. The molecule has 0 amide bonds. The van der Waals surface area contributed by atoms with Crippen LogP contribution in [0.2, 0.25) is 0 Å². The first-order valence-corrected chi connectivity index (χ1v) is 10.5. The average Bonchev–Trinajstić information content (AvgIpc) is 2.75. The van der Waals surface area contributed by atoms with Gasteiger partial charge in [0.15, 0.2) is 11.5 Å². The van der Waals surface area contributed by atoms with Gasteiger partial charge in [0.25, 0.3) is 0 Å². The van der Waals surface area contributed by atoms with Crippen LogP contribution in [0.4, 0.5) is 5.69 Å². The molecule has 30 heavy (non-hydrogen) atoms. The Morgan fingerprint density at radius 3 is 2.27 bits per heavy atom. The Bertz CT molecular complexity index is 843. The molecule has 1 saturated heterocycles. The van der Waals surface area contributed by atoms with Crippen LogP contribution < -0.4 is 14.4 Å². The number of nitrogens with zero attached hydrogens (tertiary/aromatic N) is 2. The van der Waals surface area contributed by atoms with E-state index in [0.29, 0.717) is 25.2 Å². The molecule has 0 saturated carbocycles. The van der Waals surface area contributed by atoms with Gasteiger partial charge in [0.2, 0.25) is 0 Å². The highest BCUT2D eigenvalue weighted by Crippen LogP contribution is 2.37. The lowest BCUT2D eigenvalue weighted by Crippen LogP contribution is -2.39. The second kappa shape index (κ2) is 9.85. The number of ether oxygens (including phenoxy) is 2. The Balaban J connectivity index is 1.97. The van der Waals surface area contributed by atoms with Gasteiger partial charge in [-0.15, -0.1) is 0 Å². The van der Waals surface area contributed by atoms with Gasteiger partial charge in [0.1, 0.15) is 0 Å². The number of hydrogen-bond donors (Lipinski definition) is 1. The van der Waals surface area contributed by atoms with E-state index >= 15 is 0 Å². The van der Waals surface area contributed by atoms with E-state index in [4.69, 9.17) is 9.47 Å². The number of hydrogen-bond acceptors (Lipinski definition) is 5. The summed E-state index contributed by atoms with van der Waals surface area (Å²) in [5.41, 5.74) is 3.44. The molecular formula is C24H32N2O4. The van der Waals surface area contributed by atoms with Gasteiger partial charge >= 0.3 is 5.97 Å². The van der Waals surface area contributed by atoms with Crippen LogP contribution in [0.15, 0.2) is 42.5 Å². The zero-order valence-electron chi connectivity index (χ0n) is 18.3. The van der Waals surface area contributed by atoms with Crippen molar-refractivity contribution < 1.29 is 19.4 Å². The lowest BCUT2D eigenvalue weighted by Gasteiger charge is -2.37. The van der Waals surface area contributed by atoms with E-state index in [1.165, 1.54) is 5.56 Å². The summed E-state index contributed by atoms with van der Waals surface area (Å²) in [6.45, 7) is 4.01. The van der Waals surface area contributed by atoms with Gasteiger partial charge in [0.05, 0.1) is 25.7 Å². The molecule has 1 unspecified atom stereocenters. The van der Waals surface area contributed by atoms with Crippen molar-refractivity contribution in [1.29, 1.82) is 0 Å². The van der Waals surface area contributed by atoms with Crippen molar-refractivity contribution in [1.82, 2.24) is 4.90 Å². The number of carbonyl (C=O) groups is 1. The Hall–Kier alpha value is -2.73. The maximum Gasteiger partial charge on any atom is 0.306 e. The van der Waals surface area contributed by atoms with Gasteiger partial charge in [-0.3, -0.25) is 9.69 Å². The van der Waals surface area contributed by atoms with E-state index in [1.807, 2.05) is 27.1 Å². The van der Waals surface area contributed by atoms with E-state index in [9.17, 15) is 9.90 Å². The molecular weight excluding hydrogens is 380 g/mol. The molecule has 162 valence electrons. The molecule has 3 rings (SSSR count). The second-order valence-electron chi connectivity index (χ2n) is 7.88. The Kier molecular flexibility index (Phi) is 7.21. The monoisotopic (exact) mass is 412 g/mol. The third-order valence-corrected chi connectivity index (χ3v) is 5.77. The molecule has 0 radical (unpaired) electrons. The molecule has 1 N–H and O–H groups in total. The number of likely N-dealkylation sites (tertiary alicyclic amines) is 1. The summed E-state index contributed by atoms with van der Waals surface area (Å²) < 4.78 is 11.3. The van der Waals surface area contributed by atoms with Crippen LogP contribution >= 0.6 is 0 Å². The second-order valence-corrected chi connectivity index (χ2v) is 7.88. The molecule has 6 nitrogen and oxygen atoms in total. The third kappa shape index (κ3) is 4.87. The maximum atomic E-state index is 11.4. The lowest BCUT2D eigenvalue weighted by molar-refractivity contribution is -0.143. The van der Waals surface area contributed by atoms with Crippen molar-refractivity contribution >= 4 is 11.7 Å². The minimum Gasteiger partial charge on any atom is -0.493 e. The first kappa shape index (κ1) is 22.0. The van der Waals surface area contributed by atoms with Crippen molar-refractivity contribution in [3.05, 3.63) is 53.6 Å². The summed E-state index contributed by atoms with van der Waals surface area (Å²) in [5, 5.41) is 9.38. The number of carboxylic acids is 1. The lowest BCUT2D eigenvalue weighted by atomic mass is 9.91. The Labute approximate surface area is 179 Å². The Morgan fingerprint density at radius 2 is 1.73 bits per heavy atom. The van der Waals surface area contributed by atoms with Crippen molar-refractivity contribution in [2.75, 3.05) is 45.8 Å². The summed E-state index contributed by atoms with van der Waals surface area (Å²) in [7, 11) is 5.70. The summed E-state index contributed by atoms with van der Waals surface area (Å²) in [6, 6.07) is 14.7. The normalized spacial score (nSPS) is 16.1. The Morgan fingerprint density at radius 1 is 1.10 bits per heavy atom. The van der Waals surface area contributed by atoms with Crippen LogP contribution in [0.25, 0.3) is 0 Å². The van der Waals surface area contributed by atoms with Gasteiger partial charge in [-0.1, -0.05) is 18.2 Å². The quantitative estimate of drug-likeness (QED) is 0.706. The van der Waals surface area contributed by atoms with E-state index in [2.05, 4.69) is 46.2 Å². The van der Waals surface area contributed by atoms with Gasteiger partial charge in [-0.2, -0.15) is 0 Å². The topological polar surface area (TPSA) is 62.2 Å². The number of methoxy groups -OCH3 is 1. The van der Waals surface area contributed by atoms with Gasteiger partial charge in [0, 0.05) is 19.8 Å². The summed E-state index contributed by atoms with van der Waals surface area (Å²) in [6.07, 6.45) is 1.33. The number of aliphatic carboxylic acids is 1. The highest BCUT2D eigenvalue weighted by Gasteiger charge is 2.30. The van der Waals surface area contributed by atoms with Crippen molar-refractivity contribution in [3.63, 3.8) is 0 Å². The molecule has 2 aromatic rings. The fourth-order valence-corrected chi connectivity index (χ4v) is 4.11. The maximum absolute atomic E-state index is 11.4. The molecule has 0 spiro atoms. The molecule has 0 aromatic heterocycles. The SMILES string of the molecule is CCOc1cc(C(c2ccc(N(C)C)cc2)N2CCC(C(=O)O)CC2)ccc1OC. The highest BCUT2D eigenvalue weighted by molar-refractivity contribution is 5.70. The number of carboxylic acid groups (broad SMARTS) is 1. The molecule has 1 heterocycles. The minimum atomic E-state index is -0.690. The fourth-order valence-electron chi connectivity index (χ4n) is 4.11. The van der Waals surface area contributed by atoms with Crippen LogP contribution in [-0.4, -0.2) is 56.9 Å². The molecule has 2 aromatic carbocycles. The van der Waals surface area contributed by atoms with E-state index in [-0.39, 0.29) is 12.0 Å². The number of anilines is 1. The predicted molar refractivity (Wildman–Crippen MR) is 119 cm³/mol. The fraction of sp³-hybridized carbons (Fsp3) is 0.458. The van der Waals surface area contributed by atoms with E-state index in [1.54, 1.807) is 7.11 Å². The molecule has 1 aliphatic rings. The van der Waals surface area contributed by atoms with Gasteiger partial charge in [-0.25, -0.2) is 0 Å².